The van der Waals surface area contributed by atoms with Gasteiger partial charge in [-0.3, -0.25) is 0 Å². The van der Waals surface area contributed by atoms with Gasteiger partial charge in [0, 0.05) is 17.9 Å². The predicted molar refractivity (Wildman–Crippen MR) is 89.4 cm³/mol. The maximum absolute atomic E-state index is 13.2. The lowest BCUT2D eigenvalue weighted by Crippen LogP contribution is -2.19. The number of hydrogen-bond acceptors (Lipinski definition) is 4. The standard InChI is InChI=1S/C19H21FN2O3/c20-13-7-9-14(10-8-13)22-17-6-2-1-5-16(17)18(21-22)19(23)25-12-15-4-3-11-24-15/h7-10,15H,1-6,11-12H2. The molecule has 1 saturated heterocycles. The maximum atomic E-state index is 13.2. The molecule has 1 aliphatic carbocycles. The molecule has 1 aromatic heterocycles. The molecule has 6 heteroatoms. The molecule has 0 saturated carbocycles. The smallest absolute Gasteiger partial charge is 0.359 e. The van der Waals surface area contributed by atoms with Crippen LogP contribution >= 0.6 is 0 Å². The number of carbonyl (C=O) groups is 1. The Morgan fingerprint density at radius 2 is 2.04 bits per heavy atom. The van der Waals surface area contributed by atoms with Crippen molar-refractivity contribution in [3.63, 3.8) is 0 Å². The van der Waals surface area contributed by atoms with Gasteiger partial charge in [0.25, 0.3) is 0 Å². The fourth-order valence-corrected chi connectivity index (χ4v) is 3.57. The van der Waals surface area contributed by atoms with Gasteiger partial charge in [-0.25, -0.2) is 13.9 Å². The van der Waals surface area contributed by atoms with E-state index in [2.05, 4.69) is 5.10 Å². The Morgan fingerprint density at radius 1 is 1.24 bits per heavy atom. The van der Waals surface area contributed by atoms with Crippen molar-refractivity contribution in [2.45, 2.75) is 44.6 Å². The van der Waals surface area contributed by atoms with Crippen molar-refractivity contribution in [2.24, 2.45) is 0 Å². The Bertz CT molecular complexity index is 764. The molecule has 1 unspecified atom stereocenters. The number of nitrogens with zero attached hydrogens (tertiary/aromatic N) is 2. The van der Waals surface area contributed by atoms with Crippen LogP contribution in [0.25, 0.3) is 5.69 Å². The minimum atomic E-state index is -0.394. The summed E-state index contributed by atoms with van der Waals surface area (Å²) in [5.41, 5.74) is 3.14. The SMILES string of the molecule is O=C(OCC1CCCO1)c1nn(-c2ccc(F)cc2)c2c1CCCC2. The summed E-state index contributed by atoms with van der Waals surface area (Å²) in [5, 5.41) is 4.52. The zero-order valence-electron chi connectivity index (χ0n) is 14.0. The number of hydrogen-bond donors (Lipinski definition) is 0. The molecule has 0 spiro atoms. The van der Waals surface area contributed by atoms with E-state index in [0.717, 1.165) is 62.1 Å². The third kappa shape index (κ3) is 3.31. The van der Waals surface area contributed by atoms with Gasteiger partial charge in [0.1, 0.15) is 12.4 Å². The van der Waals surface area contributed by atoms with Crippen molar-refractivity contribution >= 4 is 5.97 Å². The molecule has 2 aliphatic rings. The molecule has 0 amide bonds. The topological polar surface area (TPSA) is 53.4 Å². The van der Waals surface area contributed by atoms with Gasteiger partial charge in [0.2, 0.25) is 0 Å². The second kappa shape index (κ2) is 6.96. The Morgan fingerprint density at radius 3 is 2.80 bits per heavy atom. The first-order valence-electron chi connectivity index (χ1n) is 8.88. The Labute approximate surface area is 145 Å². The molecule has 2 aromatic rings. The molecule has 25 heavy (non-hydrogen) atoms. The summed E-state index contributed by atoms with van der Waals surface area (Å²) < 4.78 is 25.9. The molecular weight excluding hydrogens is 323 g/mol. The summed E-state index contributed by atoms with van der Waals surface area (Å²) in [6, 6.07) is 6.17. The van der Waals surface area contributed by atoms with Crippen LogP contribution in [0, 0.1) is 5.82 Å². The minimum Gasteiger partial charge on any atom is -0.458 e. The van der Waals surface area contributed by atoms with Gasteiger partial charge < -0.3 is 9.47 Å². The van der Waals surface area contributed by atoms with E-state index < -0.39 is 5.97 Å². The van der Waals surface area contributed by atoms with E-state index in [9.17, 15) is 9.18 Å². The minimum absolute atomic E-state index is 0.000962. The van der Waals surface area contributed by atoms with Crippen LogP contribution in [0.2, 0.25) is 0 Å². The van der Waals surface area contributed by atoms with E-state index in [0.29, 0.717) is 5.69 Å². The van der Waals surface area contributed by atoms with E-state index in [-0.39, 0.29) is 18.5 Å². The highest BCUT2D eigenvalue weighted by atomic mass is 19.1. The fraction of sp³-hybridized carbons (Fsp3) is 0.474. The van der Waals surface area contributed by atoms with E-state index in [1.54, 1.807) is 16.8 Å². The van der Waals surface area contributed by atoms with Gasteiger partial charge in [0.15, 0.2) is 5.69 Å². The zero-order chi connectivity index (χ0) is 17.2. The Balaban J connectivity index is 1.61. The molecule has 1 aromatic carbocycles. The summed E-state index contributed by atoms with van der Waals surface area (Å²) in [6.45, 7) is 1.01. The number of benzene rings is 1. The Kier molecular flexibility index (Phi) is 4.53. The van der Waals surface area contributed by atoms with Crippen LogP contribution in [-0.4, -0.2) is 35.1 Å². The number of fused-ring (bicyclic) bond motifs is 1. The molecule has 4 rings (SSSR count). The number of carbonyl (C=O) groups excluding carboxylic acids is 1. The summed E-state index contributed by atoms with van der Waals surface area (Å²) in [5.74, 6) is -0.685. The highest BCUT2D eigenvalue weighted by molar-refractivity contribution is 5.89. The first kappa shape index (κ1) is 16.3. The average Bonchev–Trinajstić information content (AvgIpc) is 3.28. The molecule has 0 bridgehead atoms. The lowest BCUT2D eigenvalue weighted by Gasteiger charge is -2.14. The lowest BCUT2D eigenvalue weighted by molar-refractivity contribution is 0.0155. The van der Waals surface area contributed by atoms with Crippen molar-refractivity contribution in [2.75, 3.05) is 13.2 Å². The molecule has 5 nitrogen and oxygen atoms in total. The lowest BCUT2D eigenvalue weighted by atomic mass is 9.95. The van der Waals surface area contributed by atoms with Crippen LogP contribution in [0.3, 0.4) is 0 Å². The highest BCUT2D eigenvalue weighted by Crippen LogP contribution is 2.27. The van der Waals surface area contributed by atoms with Crippen LogP contribution in [-0.2, 0) is 22.3 Å². The van der Waals surface area contributed by atoms with Gasteiger partial charge in [-0.05, 0) is 62.8 Å². The van der Waals surface area contributed by atoms with Crippen molar-refractivity contribution < 1.29 is 18.7 Å². The number of ether oxygens (including phenoxy) is 2. The second-order valence-corrected chi connectivity index (χ2v) is 6.60. The fourth-order valence-electron chi connectivity index (χ4n) is 3.57. The predicted octanol–water partition coefficient (Wildman–Crippen LogP) is 3.23. The van der Waals surface area contributed by atoms with Gasteiger partial charge >= 0.3 is 5.97 Å². The number of rotatable bonds is 4. The third-order valence-electron chi connectivity index (χ3n) is 4.87. The van der Waals surface area contributed by atoms with Gasteiger partial charge in [-0.15, -0.1) is 0 Å². The molecule has 1 fully saturated rings. The quantitative estimate of drug-likeness (QED) is 0.799. The summed E-state index contributed by atoms with van der Waals surface area (Å²) in [4.78, 5) is 12.6. The summed E-state index contributed by atoms with van der Waals surface area (Å²) in [6.07, 6.45) is 5.71. The van der Waals surface area contributed by atoms with E-state index >= 15 is 0 Å². The van der Waals surface area contributed by atoms with E-state index in [4.69, 9.17) is 9.47 Å². The first-order valence-corrected chi connectivity index (χ1v) is 8.88. The second-order valence-electron chi connectivity index (χ2n) is 6.60. The highest BCUT2D eigenvalue weighted by Gasteiger charge is 2.27. The van der Waals surface area contributed by atoms with Crippen LogP contribution in [0.5, 0.6) is 0 Å². The Hall–Kier alpha value is -2.21. The largest absolute Gasteiger partial charge is 0.458 e. The average molecular weight is 344 g/mol. The van der Waals surface area contributed by atoms with Crippen LogP contribution < -0.4 is 0 Å². The van der Waals surface area contributed by atoms with Crippen molar-refractivity contribution in [1.29, 1.82) is 0 Å². The van der Waals surface area contributed by atoms with Gasteiger partial charge in [0.05, 0.1) is 11.8 Å². The molecule has 0 radical (unpaired) electrons. The first-order chi connectivity index (χ1) is 12.2. The van der Waals surface area contributed by atoms with Crippen molar-refractivity contribution in [3.8, 4) is 5.69 Å². The molecular formula is C19H21FN2O3. The van der Waals surface area contributed by atoms with Crippen LogP contribution in [0.4, 0.5) is 4.39 Å². The molecule has 1 aliphatic heterocycles. The molecule has 2 heterocycles. The maximum Gasteiger partial charge on any atom is 0.359 e. The molecule has 132 valence electrons. The molecule has 1 atom stereocenters. The van der Waals surface area contributed by atoms with Crippen LogP contribution in [0.1, 0.15) is 47.4 Å². The van der Waals surface area contributed by atoms with Gasteiger partial charge in [-0.2, -0.15) is 5.10 Å². The number of esters is 1. The van der Waals surface area contributed by atoms with Crippen molar-refractivity contribution in [3.05, 3.63) is 47.0 Å². The summed E-state index contributed by atoms with van der Waals surface area (Å²) >= 11 is 0. The number of halogens is 1. The zero-order valence-corrected chi connectivity index (χ0v) is 14.0. The van der Waals surface area contributed by atoms with Crippen molar-refractivity contribution in [1.82, 2.24) is 9.78 Å². The summed E-state index contributed by atoms with van der Waals surface area (Å²) in [7, 11) is 0. The normalized spacial score (nSPS) is 19.6. The van der Waals surface area contributed by atoms with E-state index in [1.807, 2.05) is 0 Å². The third-order valence-corrected chi connectivity index (χ3v) is 4.87. The van der Waals surface area contributed by atoms with Crippen LogP contribution in [0.15, 0.2) is 24.3 Å². The van der Waals surface area contributed by atoms with E-state index in [1.165, 1.54) is 12.1 Å². The number of aromatic nitrogens is 2. The van der Waals surface area contributed by atoms with Gasteiger partial charge in [-0.1, -0.05) is 0 Å². The molecule has 0 N–H and O–H groups in total. The monoisotopic (exact) mass is 344 g/mol.